The van der Waals surface area contributed by atoms with Crippen LogP contribution in [0, 0.1) is 5.92 Å². The van der Waals surface area contributed by atoms with Gasteiger partial charge in [-0.1, -0.05) is 32.0 Å². The van der Waals surface area contributed by atoms with Gasteiger partial charge < -0.3 is 9.64 Å². The highest BCUT2D eigenvalue weighted by molar-refractivity contribution is 6.00. The van der Waals surface area contributed by atoms with Crippen molar-refractivity contribution in [3.8, 4) is 5.75 Å². The number of hydrogen-bond acceptors (Lipinski definition) is 4. The highest BCUT2D eigenvalue weighted by Crippen LogP contribution is 2.29. The highest BCUT2D eigenvalue weighted by atomic mass is 16.5. The molecule has 1 atom stereocenters. The second-order valence-electron chi connectivity index (χ2n) is 6.61. The number of para-hydroxylation sites is 1. The molecule has 0 aromatic heterocycles. The van der Waals surface area contributed by atoms with Gasteiger partial charge in [0.2, 0.25) is 5.91 Å². The molecular formula is C22H23NO4. The number of benzene rings is 2. The van der Waals surface area contributed by atoms with Gasteiger partial charge in [0.25, 0.3) is 0 Å². The first-order valence-electron chi connectivity index (χ1n) is 9.26. The van der Waals surface area contributed by atoms with E-state index in [0.29, 0.717) is 24.3 Å². The average Bonchev–Trinajstić information content (AvgIpc) is 3.09. The average molecular weight is 365 g/mol. The van der Waals surface area contributed by atoms with E-state index >= 15 is 0 Å². The van der Waals surface area contributed by atoms with Gasteiger partial charge in [-0.3, -0.25) is 14.4 Å². The first kappa shape index (κ1) is 18.8. The van der Waals surface area contributed by atoms with E-state index in [1.165, 1.54) is 0 Å². The molecule has 1 aliphatic rings. The van der Waals surface area contributed by atoms with Crippen LogP contribution in [0.2, 0.25) is 0 Å². The van der Waals surface area contributed by atoms with E-state index < -0.39 is 11.9 Å². The van der Waals surface area contributed by atoms with Crippen LogP contribution >= 0.6 is 0 Å². The van der Waals surface area contributed by atoms with E-state index in [4.69, 9.17) is 4.74 Å². The third-order valence-corrected chi connectivity index (χ3v) is 4.84. The topological polar surface area (TPSA) is 63.7 Å². The summed E-state index contributed by atoms with van der Waals surface area (Å²) in [7, 11) is 0. The summed E-state index contributed by atoms with van der Waals surface area (Å²) in [5, 5.41) is 0. The third-order valence-electron chi connectivity index (χ3n) is 4.84. The molecule has 1 saturated heterocycles. The van der Waals surface area contributed by atoms with Crippen molar-refractivity contribution in [2.75, 3.05) is 11.4 Å². The van der Waals surface area contributed by atoms with Gasteiger partial charge in [-0.05, 0) is 42.3 Å². The largest absolute Gasteiger partial charge is 0.426 e. The summed E-state index contributed by atoms with van der Waals surface area (Å²) in [6, 6.07) is 14.3. The third kappa shape index (κ3) is 4.08. The van der Waals surface area contributed by atoms with Crippen molar-refractivity contribution in [1.29, 1.82) is 0 Å². The number of aryl methyl sites for hydroxylation is 1. The van der Waals surface area contributed by atoms with Crippen LogP contribution in [0.5, 0.6) is 5.75 Å². The number of ether oxygens (including phenoxy) is 1. The van der Waals surface area contributed by atoms with Crippen LogP contribution in [-0.2, 0) is 16.0 Å². The normalized spacial score (nSPS) is 16.4. The zero-order valence-electron chi connectivity index (χ0n) is 15.6. The van der Waals surface area contributed by atoms with Gasteiger partial charge in [0, 0.05) is 30.6 Å². The Kier molecular flexibility index (Phi) is 5.69. The predicted octanol–water partition coefficient (Wildman–Crippen LogP) is 3.80. The summed E-state index contributed by atoms with van der Waals surface area (Å²) in [4.78, 5) is 38.3. The summed E-state index contributed by atoms with van der Waals surface area (Å²) in [6.07, 6.45) is 1.39. The standard InChI is InChI=1S/C22H23NO4/c1-3-15-7-5-6-8-19(15)23-14-17(13-21(23)25)22(26)27-18-11-9-16(10-12-18)20(24)4-2/h5-12,17H,3-4,13-14H2,1-2H3. The minimum atomic E-state index is -0.501. The molecule has 1 amide bonds. The maximum Gasteiger partial charge on any atom is 0.316 e. The lowest BCUT2D eigenvalue weighted by molar-refractivity contribution is -0.139. The zero-order valence-corrected chi connectivity index (χ0v) is 15.6. The smallest absolute Gasteiger partial charge is 0.316 e. The summed E-state index contributed by atoms with van der Waals surface area (Å²) in [6.45, 7) is 4.16. The summed E-state index contributed by atoms with van der Waals surface area (Å²) in [5.41, 5.74) is 2.54. The van der Waals surface area contributed by atoms with Crippen molar-refractivity contribution in [3.05, 3.63) is 59.7 Å². The van der Waals surface area contributed by atoms with E-state index in [-0.39, 0.29) is 18.1 Å². The van der Waals surface area contributed by atoms with Crippen LogP contribution in [0.15, 0.2) is 48.5 Å². The molecule has 2 aromatic rings. The molecule has 0 N–H and O–H groups in total. The quantitative estimate of drug-likeness (QED) is 0.444. The number of nitrogens with zero attached hydrogens (tertiary/aromatic N) is 1. The van der Waals surface area contributed by atoms with Crippen LogP contribution in [0.1, 0.15) is 42.6 Å². The molecule has 2 aromatic carbocycles. The fourth-order valence-electron chi connectivity index (χ4n) is 3.28. The molecule has 1 fully saturated rings. The van der Waals surface area contributed by atoms with Crippen LogP contribution in [0.4, 0.5) is 5.69 Å². The van der Waals surface area contributed by atoms with Gasteiger partial charge in [0.15, 0.2) is 5.78 Å². The molecule has 5 nitrogen and oxygen atoms in total. The van der Waals surface area contributed by atoms with Gasteiger partial charge in [-0.15, -0.1) is 0 Å². The summed E-state index contributed by atoms with van der Waals surface area (Å²) >= 11 is 0. The number of rotatable bonds is 6. The molecule has 1 unspecified atom stereocenters. The summed E-state index contributed by atoms with van der Waals surface area (Å²) in [5.74, 6) is -0.567. The molecule has 3 rings (SSSR count). The Bertz CT molecular complexity index is 857. The number of anilines is 1. The van der Waals surface area contributed by atoms with Gasteiger partial charge in [-0.25, -0.2) is 0 Å². The minimum Gasteiger partial charge on any atom is -0.426 e. The maximum absolute atomic E-state index is 12.5. The lowest BCUT2D eigenvalue weighted by Crippen LogP contribution is -2.28. The van der Waals surface area contributed by atoms with Gasteiger partial charge in [-0.2, -0.15) is 0 Å². The Morgan fingerprint density at radius 1 is 1.07 bits per heavy atom. The zero-order chi connectivity index (χ0) is 19.4. The predicted molar refractivity (Wildman–Crippen MR) is 103 cm³/mol. The van der Waals surface area contributed by atoms with E-state index in [0.717, 1.165) is 17.7 Å². The molecule has 0 spiro atoms. The van der Waals surface area contributed by atoms with Crippen LogP contribution in [0.25, 0.3) is 0 Å². The Morgan fingerprint density at radius 2 is 1.78 bits per heavy atom. The number of Topliss-reactive ketones (excluding diaryl/α,β-unsaturated/α-hetero) is 1. The monoisotopic (exact) mass is 365 g/mol. The highest BCUT2D eigenvalue weighted by Gasteiger charge is 2.37. The molecule has 5 heteroatoms. The van der Waals surface area contributed by atoms with Crippen LogP contribution in [-0.4, -0.2) is 24.2 Å². The van der Waals surface area contributed by atoms with E-state index in [2.05, 4.69) is 0 Å². The molecular weight excluding hydrogens is 342 g/mol. The van der Waals surface area contributed by atoms with Crippen molar-refractivity contribution in [1.82, 2.24) is 0 Å². The molecule has 0 aliphatic carbocycles. The van der Waals surface area contributed by atoms with Crippen molar-refractivity contribution in [2.45, 2.75) is 33.1 Å². The number of amides is 1. The fourth-order valence-corrected chi connectivity index (χ4v) is 3.28. The number of ketones is 1. The maximum atomic E-state index is 12.5. The molecule has 0 radical (unpaired) electrons. The lowest BCUT2D eigenvalue weighted by atomic mass is 10.1. The molecule has 0 bridgehead atoms. The fraction of sp³-hybridized carbons (Fsp3) is 0.318. The molecule has 140 valence electrons. The molecule has 27 heavy (non-hydrogen) atoms. The van der Waals surface area contributed by atoms with Gasteiger partial charge in [0.05, 0.1) is 5.92 Å². The van der Waals surface area contributed by atoms with E-state index in [9.17, 15) is 14.4 Å². The lowest BCUT2D eigenvalue weighted by Gasteiger charge is -2.19. The van der Waals surface area contributed by atoms with Crippen molar-refractivity contribution >= 4 is 23.3 Å². The second kappa shape index (κ2) is 8.16. The Morgan fingerprint density at radius 3 is 2.44 bits per heavy atom. The Labute approximate surface area is 158 Å². The van der Waals surface area contributed by atoms with Crippen molar-refractivity contribution in [3.63, 3.8) is 0 Å². The number of hydrogen-bond donors (Lipinski definition) is 0. The van der Waals surface area contributed by atoms with Gasteiger partial charge >= 0.3 is 5.97 Å². The Hall–Kier alpha value is -2.95. The van der Waals surface area contributed by atoms with E-state index in [1.807, 2.05) is 31.2 Å². The Balaban J connectivity index is 1.68. The molecule has 1 heterocycles. The second-order valence-corrected chi connectivity index (χ2v) is 6.61. The van der Waals surface area contributed by atoms with Crippen molar-refractivity contribution in [2.24, 2.45) is 5.92 Å². The van der Waals surface area contributed by atoms with Crippen molar-refractivity contribution < 1.29 is 19.1 Å². The SMILES string of the molecule is CCC(=O)c1ccc(OC(=O)C2CC(=O)N(c3ccccc3CC)C2)cc1. The van der Waals surface area contributed by atoms with Crippen LogP contribution in [0.3, 0.4) is 0 Å². The molecule has 0 saturated carbocycles. The number of carbonyl (C=O) groups is 3. The summed E-state index contributed by atoms with van der Waals surface area (Å²) < 4.78 is 5.43. The van der Waals surface area contributed by atoms with Gasteiger partial charge in [0.1, 0.15) is 5.75 Å². The first-order valence-corrected chi connectivity index (χ1v) is 9.26. The van der Waals surface area contributed by atoms with E-state index in [1.54, 1.807) is 36.1 Å². The first-order chi connectivity index (χ1) is 13.0. The molecule has 1 aliphatic heterocycles. The number of carbonyl (C=O) groups excluding carboxylic acids is 3. The minimum absolute atomic E-state index is 0.0412. The van der Waals surface area contributed by atoms with Crippen LogP contribution < -0.4 is 9.64 Å². The number of esters is 1.